The van der Waals surface area contributed by atoms with Crippen molar-refractivity contribution in [3.05, 3.63) is 35.4 Å². The second-order valence-corrected chi connectivity index (χ2v) is 7.00. The van der Waals surface area contributed by atoms with Gasteiger partial charge in [-0.3, -0.25) is 9.69 Å². The molecule has 0 radical (unpaired) electrons. The standard InChI is InChI=1S/C18H19NO5/c1-10(20)24-12-2-3-18-13-6-15-14(22-9-23-15)4-11(13)7-19(8-17(18)21)16(18)5-12/h2-4,6,12,16-17,21H,5,7-9H2,1H3/t12-,16-,17+,18-/m0/s1. The molecule has 126 valence electrons. The normalized spacial score (nSPS) is 37.8. The number of esters is 1. The Balaban J connectivity index is 1.63. The number of aliphatic hydroxyl groups excluding tert-OH is 1. The molecule has 6 heteroatoms. The second-order valence-electron chi connectivity index (χ2n) is 7.00. The molecular formula is C18H19NO5. The largest absolute Gasteiger partial charge is 0.458 e. The Bertz CT molecular complexity index is 760. The topological polar surface area (TPSA) is 68.2 Å². The third-order valence-electron chi connectivity index (χ3n) is 5.75. The van der Waals surface area contributed by atoms with Crippen LogP contribution in [0.2, 0.25) is 0 Å². The van der Waals surface area contributed by atoms with Gasteiger partial charge in [-0.2, -0.15) is 0 Å². The molecule has 0 aromatic heterocycles. The van der Waals surface area contributed by atoms with Crippen LogP contribution in [0.5, 0.6) is 11.5 Å². The maximum absolute atomic E-state index is 11.3. The zero-order valence-corrected chi connectivity index (χ0v) is 13.4. The summed E-state index contributed by atoms with van der Waals surface area (Å²) in [6, 6.07) is 4.18. The lowest BCUT2D eigenvalue weighted by Gasteiger charge is -2.46. The fourth-order valence-corrected chi connectivity index (χ4v) is 4.82. The van der Waals surface area contributed by atoms with Gasteiger partial charge in [0.25, 0.3) is 0 Å². The van der Waals surface area contributed by atoms with E-state index in [0.29, 0.717) is 13.0 Å². The van der Waals surface area contributed by atoms with Crippen LogP contribution in [0.15, 0.2) is 24.3 Å². The quantitative estimate of drug-likeness (QED) is 0.615. The van der Waals surface area contributed by atoms with Gasteiger partial charge in [0.2, 0.25) is 6.79 Å². The van der Waals surface area contributed by atoms with E-state index >= 15 is 0 Å². The van der Waals surface area contributed by atoms with E-state index in [1.165, 1.54) is 12.5 Å². The van der Waals surface area contributed by atoms with Crippen molar-refractivity contribution in [1.29, 1.82) is 0 Å². The number of fused-ring (bicyclic) bond motifs is 2. The van der Waals surface area contributed by atoms with Crippen LogP contribution in [-0.4, -0.2) is 47.6 Å². The van der Waals surface area contributed by atoms with Crippen molar-refractivity contribution in [3.8, 4) is 11.5 Å². The van der Waals surface area contributed by atoms with Gasteiger partial charge in [-0.25, -0.2) is 0 Å². The Morgan fingerprint density at radius 3 is 2.96 bits per heavy atom. The van der Waals surface area contributed by atoms with Crippen LogP contribution in [0.4, 0.5) is 0 Å². The molecule has 1 aromatic carbocycles. The highest BCUT2D eigenvalue weighted by Crippen LogP contribution is 2.53. The van der Waals surface area contributed by atoms with Crippen molar-refractivity contribution in [2.45, 2.75) is 43.6 Å². The summed E-state index contributed by atoms with van der Waals surface area (Å²) < 4.78 is 16.4. The number of hydrogen-bond donors (Lipinski definition) is 1. The van der Waals surface area contributed by atoms with Crippen molar-refractivity contribution >= 4 is 5.97 Å². The van der Waals surface area contributed by atoms with E-state index in [4.69, 9.17) is 14.2 Å². The van der Waals surface area contributed by atoms with Crippen molar-refractivity contribution in [2.24, 2.45) is 0 Å². The van der Waals surface area contributed by atoms with E-state index in [-0.39, 0.29) is 24.9 Å². The van der Waals surface area contributed by atoms with Crippen LogP contribution in [0.1, 0.15) is 24.5 Å². The number of ether oxygens (including phenoxy) is 3. The molecule has 0 amide bonds. The van der Waals surface area contributed by atoms with Crippen molar-refractivity contribution in [3.63, 3.8) is 0 Å². The minimum absolute atomic E-state index is 0.120. The van der Waals surface area contributed by atoms with Crippen LogP contribution in [0, 0.1) is 0 Å². The monoisotopic (exact) mass is 329 g/mol. The first kappa shape index (κ1) is 14.3. The predicted octanol–water partition coefficient (Wildman–Crippen LogP) is 1.10. The molecule has 1 unspecified atom stereocenters. The Hall–Kier alpha value is -2.05. The van der Waals surface area contributed by atoms with Gasteiger partial charge in [-0.05, 0) is 29.3 Å². The molecule has 5 rings (SSSR count). The summed E-state index contributed by atoms with van der Waals surface area (Å²) in [6.45, 7) is 3.04. The SMILES string of the molecule is CC(=O)O[C@H]1C=C[C@@]23c4cc5c(cc4CN(C[C@H]2O)[C@H]3C1)OCO5. The molecule has 1 aliphatic carbocycles. The highest BCUT2D eigenvalue weighted by atomic mass is 16.7. The van der Waals surface area contributed by atoms with Crippen LogP contribution < -0.4 is 9.47 Å². The molecule has 1 aromatic rings. The van der Waals surface area contributed by atoms with Gasteiger partial charge in [-0.15, -0.1) is 0 Å². The molecule has 3 aliphatic heterocycles. The van der Waals surface area contributed by atoms with E-state index in [9.17, 15) is 9.90 Å². The van der Waals surface area contributed by atoms with E-state index in [1.54, 1.807) is 0 Å². The molecular weight excluding hydrogens is 310 g/mol. The van der Waals surface area contributed by atoms with Gasteiger partial charge in [0, 0.05) is 32.5 Å². The zero-order chi connectivity index (χ0) is 16.5. The number of nitrogens with zero attached hydrogens (tertiary/aromatic N) is 1. The Kier molecular flexibility index (Phi) is 2.82. The summed E-state index contributed by atoms with van der Waals surface area (Å²) in [4.78, 5) is 13.6. The lowest BCUT2D eigenvalue weighted by molar-refractivity contribution is -0.145. The molecule has 0 spiro atoms. The molecule has 2 bridgehead atoms. The van der Waals surface area contributed by atoms with Gasteiger partial charge in [0.05, 0.1) is 11.5 Å². The first-order valence-electron chi connectivity index (χ1n) is 8.29. The lowest BCUT2D eigenvalue weighted by atomic mass is 9.65. The van der Waals surface area contributed by atoms with E-state index in [1.807, 2.05) is 24.3 Å². The summed E-state index contributed by atoms with van der Waals surface area (Å²) in [5, 5.41) is 10.9. The number of benzene rings is 1. The molecule has 0 saturated carbocycles. The molecule has 4 aliphatic rings. The number of hydrogen-bond acceptors (Lipinski definition) is 6. The van der Waals surface area contributed by atoms with Gasteiger partial charge < -0.3 is 19.3 Å². The summed E-state index contributed by atoms with van der Waals surface area (Å²) in [5.41, 5.74) is 1.81. The van der Waals surface area contributed by atoms with Crippen LogP contribution in [-0.2, 0) is 21.5 Å². The molecule has 5 atom stereocenters. The summed E-state index contributed by atoms with van der Waals surface area (Å²) in [6.07, 6.45) is 3.94. The van der Waals surface area contributed by atoms with E-state index in [0.717, 1.165) is 23.6 Å². The van der Waals surface area contributed by atoms with Crippen LogP contribution in [0.25, 0.3) is 0 Å². The first-order chi connectivity index (χ1) is 11.6. The van der Waals surface area contributed by atoms with Gasteiger partial charge >= 0.3 is 5.97 Å². The molecule has 1 fully saturated rings. The smallest absolute Gasteiger partial charge is 0.303 e. The fraction of sp³-hybridized carbons (Fsp3) is 0.500. The highest BCUT2D eigenvalue weighted by molar-refractivity contribution is 5.66. The van der Waals surface area contributed by atoms with Gasteiger partial charge in [-0.1, -0.05) is 6.08 Å². The molecule has 3 heterocycles. The van der Waals surface area contributed by atoms with Gasteiger partial charge in [0.15, 0.2) is 11.5 Å². The minimum Gasteiger partial charge on any atom is -0.458 e. The maximum atomic E-state index is 11.3. The molecule has 1 saturated heterocycles. The fourth-order valence-electron chi connectivity index (χ4n) is 4.82. The van der Waals surface area contributed by atoms with Crippen molar-refractivity contribution in [2.75, 3.05) is 13.3 Å². The zero-order valence-electron chi connectivity index (χ0n) is 13.4. The maximum Gasteiger partial charge on any atom is 0.303 e. The van der Waals surface area contributed by atoms with Crippen LogP contribution in [0.3, 0.4) is 0 Å². The third kappa shape index (κ3) is 1.75. The Labute approximate surface area is 139 Å². The average Bonchev–Trinajstić information content (AvgIpc) is 3.06. The van der Waals surface area contributed by atoms with E-state index < -0.39 is 11.5 Å². The predicted molar refractivity (Wildman–Crippen MR) is 83.8 cm³/mol. The number of carbonyl (C=O) groups excluding carboxylic acids is 1. The Morgan fingerprint density at radius 1 is 1.38 bits per heavy atom. The number of rotatable bonds is 1. The first-order valence-corrected chi connectivity index (χ1v) is 8.29. The summed E-state index contributed by atoms with van der Waals surface area (Å²) in [7, 11) is 0. The minimum atomic E-state index is -0.487. The van der Waals surface area contributed by atoms with Gasteiger partial charge in [0.1, 0.15) is 6.10 Å². The average molecular weight is 329 g/mol. The molecule has 24 heavy (non-hydrogen) atoms. The third-order valence-corrected chi connectivity index (χ3v) is 5.75. The van der Waals surface area contributed by atoms with Crippen LogP contribution >= 0.6 is 0 Å². The number of aliphatic hydroxyl groups is 1. The Morgan fingerprint density at radius 2 is 2.17 bits per heavy atom. The number of carbonyl (C=O) groups is 1. The second kappa shape index (κ2) is 4.74. The van der Waals surface area contributed by atoms with E-state index in [2.05, 4.69) is 4.90 Å². The molecule has 6 nitrogen and oxygen atoms in total. The van der Waals surface area contributed by atoms with Crippen molar-refractivity contribution in [1.82, 2.24) is 4.90 Å². The highest BCUT2D eigenvalue weighted by Gasteiger charge is 2.58. The molecule has 1 N–H and O–H groups in total. The summed E-state index contributed by atoms with van der Waals surface area (Å²) >= 11 is 0. The van der Waals surface area contributed by atoms with Crippen molar-refractivity contribution < 1.29 is 24.1 Å². The summed E-state index contributed by atoms with van der Waals surface area (Å²) in [5.74, 6) is 1.24. The lowest BCUT2D eigenvalue weighted by Crippen LogP contribution is -2.52.